The highest BCUT2D eigenvalue weighted by atomic mass is 79.9. The van der Waals surface area contributed by atoms with Gasteiger partial charge in [-0.3, -0.25) is 4.90 Å². The van der Waals surface area contributed by atoms with E-state index in [0.717, 1.165) is 22.7 Å². The fraction of sp³-hybridized carbons (Fsp3) is 0.625. The molecule has 1 aliphatic heterocycles. The number of hydrogen-bond acceptors (Lipinski definition) is 3. The number of rotatable bonds is 5. The van der Waals surface area contributed by atoms with Crippen molar-refractivity contribution in [2.24, 2.45) is 11.7 Å². The number of ether oxygens (including phenoxy) is 1. The second-order valence-electron chi connectivity index (χ2n) is 5.56. The Bertz CT molecular complexity index is 438. The molecule has 20 heavy (non-hydrogen) atoms. The molecule has 0 bridgehead atoms. The van der Waals surface area contributed by atoms with Crippen molar-refractivity contribution in [3.8, 4) is 5.75 Å². The summed E-state index contributed by atoms with van der Waals surface area (Å²) in [4.78, 5) is 2.55. The zero-order chi connectivity index (χ0) is 14.5. The zero-order valence-electron chi connectivity index (χ0n) is 12.4. The summed E-state index contributed by atoms with van der Waals surface area (Å²) < 4.78 is 6.30. The van der Waals surface area contributed by atoms with Crippen molar-refractivity contribution in [2.75, 3.05) is 26.7 Å². The van der Waals surface area contributed by atoms with E-state index in [2.05, 4.69) is 39.9 Å². The second-order valence-corrected chi connectivity index (χ2v) is 6.41. The van der Waals surface area contributed by atoms with Crippen LogP contribution in [0.5, 0.6) is 5.75 Å². The van der Waals surface area contributed by atoms with Crippen molar-refractivity contribution in [3.63, 3.8) is 0 Å². The van der Waals surface area contributed by atoms with Crippen LogP contribution in [-0.2, 0) is 0 Å². The summed E-state index contributed by atoms with van der Waals surface area (Å²) in [6, 6.07) is 6.61. The Morgan fingerprint density at radius 2 is 2.30 bits per heavy atom. The van der Waals surface area contributed by atoms with Gasteiger partial charge in [-0.1, -0.05) is 19.4 Å². The first-order valence-corrected chi connectivity index (χ1v) is 8.26. The molecule has 4 heteroatoms. The van der Waals surface area contributed by atoms with Crippen LogP contribution in [0.2, 0.25) is 0 Å². The van der Waals surface area contributed by atoms with E-state index in [4.69, 9.17) is 10.5 Å². The van der Waals surface area contributed by atoms with Crippen LogP contribution >= 0.6 is 15.9 Å². The van der Waals surface area contributed by atoms with Gasteiger partial charge < -0.3 is 10.5 Å². The normalized spacial score (nSPS) is 21.7. The van der Waals surface area contributed by atoms with E-state index in [1.165, 1.54) is 31.4 Å². The quantitative estimate of drug-likeness (QED) is 0.890. The summed E-state index contributed by atoms with van der Waals surface area (Å²) >= 11 is 3.57. The molecular formula is C16H25BrN2O. The largest absolute Gasteiger partial charge is 0.496 e. The lowest BCUT2D eigenvalue weighted by atomic mass is 9.93. The number of nitrogens with two attached hydrogens (primary N) is 1. The van der Waals surface area contributed by atoms with Gasteiger partial charge in [-0.15, -0.1) is 0 Å². The minimum absolute atomic E-state index is 0.312. The molecule has 1 aromatic rings. The lowest BCUT2D eigenvalue weighted by Gasteiger charge is -2.38. The summed E-state index contributed by atoms with van der Waals surface area (Å²) in [6.07, 6.45) is 3.91. The van der Waals surface area contributed by atoms with Crippen molar-refractivity contribution in [1.82, 2.24) is 4.90 Å². The Morgan fingerprint density at radius 3 is 2.90 bits per heavy atom. The molecule has 2 unspecified atom stereocenters. The molecule has 2 N–H and O–H groups in total. The van der Waals surface area contributed by atoms with E-state index in [1.807, 2.05) is 6.07 Å². The van der Waals surface area contributed by atoms with Crippen molar-refractivity contribution in [1.29, 1.82) is 0 Å². The van der Waals surface area contributed by atoms with Gasteiger partial charge in [-0.2, -0.15) is 0 Å². The van der Waals surface area contributed by atoms with Gasteiger partial charge in [-0.25, -0.2) is 0 Å². The Labute approximate surface area is 130 Å². The first-order chi connectivity index (χ1) is 9.69. The van der Waals surface area contributed by atoms with Gasteiger partial charge in [0, 0.05) is 19.1 Å². The van der Waals surface area contributed by atoms with Crippen LogP contribution in [0.15, 0.2) is 22.7 Å². The predicted molar refractivity (Wildman–Crippen MR) is 87.1 cm³/mol. The molecule has 0 amide bonds. The Balaban J connectivity index is 2.16. The molecule has 0 aromatic heterocycles. The predicted octanol–water partition coefficient (Wildman–Crippen LogP) is 3.58. The average Bonchev–Trinajstić information content (AvgIpc) is 2.48. The molecule has 1 saturated heterocycles. The average molecular weight is 341 g/mol. The maximum absolute atomic E-state index is 6.05. The van der Waals surface area contributed by atoms with Crippen LogP contribution in [0.3, 0.4) is 0 Å². The van der Waals surface area contributed by atoms with E-state index in [9.17, 15) is 0 Å². The molecular weight excluding hydrogens is 316 g/mol. The topological polar surface area (TPSA) is 38.5 Å². The number of halogens is 1. The highest BCUT2D eigenvalue weighted by molar-refractivity contribution is 9.10. The monoisotopic (exact) mass is 340 g/mol. The van der Waals surface area contributed by atoms with Crippen LogP contribution in [-0.4, -0.2) is 31.6 Å². The SMILES string of the molecule is CCC1CCCN(C(CN)c2ccc(OC)c(Br)c2)C1. The van der Waals surface area contributed by atoms with Gasteiger partial charge in [0.2, 0.25) is 0 Å². The van der Waals surface area contributed by atoms with Gasteiger partial charge in [0.15, 0.2) is 0 Å². The van der Waals surface area contributed by atoms with Crippen LogP contribution in [0.4, 0.5) is 0 Å². The third kappa shape index (κ3) is 3.54. The minimum Gasteiger partial charge on any atom is -0.496 e. The number of likely N-dealkylation sites (tertiary alicyclic amines) is 1. The third-order valence-electron chi connectivity index (χ3n) is 4.35. The number of piperidine rings is 1. The first-order valence-electron chi connectivity index (χ1n) is 7.47. The van der Waals surface area contributed by atoms with Gasteiger partial charge in [0.25, 0.3) is 0 Å². The molecule has 0 aliphatic carbocycles. The highest BCUT2D eigenvalue weighted by Gasteiger charge is 2.25. The molecule has 2 atom stereocenters. The Kier molecular flexibility index (Phi) is 5.87. The van der Waals surface area contributed by atoms with Crippen molar-refractivity contribution in [3.05, 3.63) is 28.2 Å². The summed E-state index contributed by atoms with van der Waals surface area (Å²) in [7, 11) is 1.69. The van der Waals surface area contributed by atoms with Crippen LogP contribution in [0.1, 0.15) is 37.8 Å². The third-order valence-corrected chi connectivity index (χ3v) is 4.97. The molecule has 0 saturated carbocycles. The molecule has 0 spiro atoms. The van der Waals surface area contributed by atoms with E-state index in [0.29, 0.717) is 12.6 Å². The summed E-state index contributed by atoms with van der Waals surface area (Å²) in [5, 5.41) is 0. The van der Waals surface area contributed by atoms with Crippen molar-refractivity contribution < 1.29 is 4.74 Å². The molecule has 112 valence electrons. The first kappa shape index (κ1) is 15.8. The minimum atomic E-state index is 0.312. The number of methoxy groups -OCH3 is 1. The number of nitrogens with zero attached hydrogens (tertiary/aromatic N) is 1. The summed E-state index contributed by atoms with van der Waals surface area (Å²) in [5.74, 6) is 1.69. The molecule has 1 heterocycles. The molecule has 1 aliphatic rings. The summed E-state index contributed by atoms with van der Waals surface area (Å²) in [5.41, 5.74) is 7.33. The fourth-order valence-electron chi connectivity index (χ4n) is 3.10. The van der Waals surface area contributed by atoms with E-state index in [1.54, 1.807) is 7.11 Å². The van der Waals surface area contributed by atoms with E-state index in [-0.39, 0.29) is 0 Å². The smallest absolute Gasteiger partial charge is 0.133 e. The standard InChI is InChI=1S/C16H25BrN2O/c1-3-12-5-4-8-19(11-12)15(10-18)13-6-7-16(20-2)14(17)9-13/h6-7,9,12,15H,3-5,8,10-11,18H2,1-2H3. The zero-order valence-corrected chi connectivity index (χ0v) is 14.0. The number of benzene rings is 1. The van der Waals surface area contributed by atoms with Gasteiger partial charge in [0.1, 0.15) is 5.75 Å². The lowest BCUT2D eigenvalue weighted by molar-refractivity contribution is 0.124. The van der Waals surface area contributed by atoms with Crippen LogP contribution < -0.4 is 10.5 Å². The lowest BCUT2D eigenvalue weighted by Crippen LogP contribution is -2.41. The maximum atomic E-state index is 6.05. The van der Waals surface area contributed by atoms with Gasteiger partial charge >= 0.3 is 0 Å². The maximum Gasteiger partial charge on any atom is 0.133 e. The molecule has 1 aromatic carbocycles. The molecule has 0 radical (unpaired) electrons. The van der Waals surface area contributed by atoms with Crippen LogP contribution in [0.25, 0.3) is 0 Å². The van der Waals surface area contributed by atoms with Crippen molar-refractivity contribution >= 4 is 15.9 Å². The summed E-state index contributed by atoms with van der Waals surface area (Å²) in [6.45, 7) is 5.27. The second kappa shape index (κ2) is 7.43. The van der Waals surface area contributed by atoms with Gasteiger partial charge in [0.05, 0.1) is 11.6 Å². The fourth-order valence-corrected chi connectivity index (χ4v) is 3.66. The van der Waals surface area contributed by atoms with Crippen molar-refractivity contribution in [2.45, 2.75) is 32.2 Å². The molecule has 1 fully saturated rings. The van der Waals surface area contributed by atoms with Gasteiger partial charge in [-0.05, 0) is 58.9 Å². The molecule has 2 rings (SSSR count). The van der Waals surface area contributed by atoms with E-state index >= 15 is 0 Å². The van der Waals surface area contributed by atoms with Crippen LogP contribution in [0, 0.1) is 5.92 Å². The number of hydrogen-bond donors (Lipinski definition) is 1. The molecule has 3 nitrogen and oxygen atoms in total. The Hall–Kier alpha value is -0.580. The highest BCUT2D eigenvalue weighted by Crippen LogP contribution is 2.32. The Morgan fingerprint density at radius 1 is 1.50 bits per heavy atom. The van der Waals surface area contributed by atoms with E-state index < -0.39 is 0 Å².